The van der Waals surface area contributed by atoms with Crippen molar-refractivity contribution in [2.45, 2.75) is 37.8 Å². The molecule has 0 heterocycles. The molecule has 0 aliphatic carbocycles. The number of ether oxygens (including phenoxy) is 1. The first-order chi connectivity index (χ1) is 23.3. The van der Waals surface area contributed by atoms with Crippen LogP contribution in [0.3, 0.4) is 0 Å². The fourth-order valence-corrected chi connectivity index (χ4v) is 3.51. The number of amides is 3. The van der Waals surface area contributed by atoms with Gasteiger partial charge in [-0.2, -0.15) is 0 Å². The average Bonchev–Trinajstić information content (AvgIpc) is 3.08. The molecule has 2 unspecified atom stereocenters. The van der Waals surface area contributed by atoms with Gasteiger partial charge in [0.15, 0.2) is 6.61 Å². The second-order valence-electron chi connectivity index (χ2n) is 9.66. The standard InChI is InChI=1S/2C18H21N3O3/c19-11-10-17(22)21-12-6-1-2-7-13-24-18(23)14-16(20)15-8-4-3-5-9-15;19-16(15-8-4-3-5-9-15)14-18(24)21-12-10-17(23)20-11-6-1-2-7-13-22/h3-5,8-9,16H,10-14,19-20H2,(H,21,22);3-5,8-9,16,22H,10-14,19H2,(H,20,23)(H,21,24). The molecule has 48 heavy (non-hydrogen) atoms. The number of rotatable bonds is 14. The predicted octanol–water partition coefficient (Wildman–Crippen LogP) is -0.210. The molecular formula is C36H42N6O6. The van der Waals surface area contributed by atoms with E-state index in [2.05, 4.69) is 63.3 Å². The maximum atomic E-state index is 11.8. The lowest BCUT2D eigenvalue weighted by Crippen LogP contribution is -2.32. The summed E-state index contributed by atoms with van der Waals surface area (Å²) in [6, 6.07) is 17.9. The van der Waals surface area contributed by atoms with E-state index in [0.29, 0.717) is 6.54 Å². The fraction of sp³-hybridized carbons (Fsp3) is 0.333. The lowest BCUT2D eigenvalue weighted by atomic mass is 10.0. The summed E-state index contributed by atoms with van der Waals surface area (Å²) in [5.74, 6) is 19.3. The van der Waals surface area contributed by atoms with Crippen LogP contribution in [-0.2, 0) is 23.9 Å². The van der Waals surface area contributed by atoms with Crippen molar-refractivity contribution in [1.82, 2.24) is 16.0 Å². The summed E-state index contributed by atoms with van der Waals surface area (Å²) in [6.07, 6.45) is 0.690. The van der Waals surface area contributed by atoms with Gasteiger partial charge in [0.25, 0.3) is 0 Å². The minimum Gasteiger partial charge on any atom is -0.452 e. The number of benzene rings is 2. The van der Waals surface area contributed by atoms with Gasteiger partial charge in [0.2, 0.25) is 17.7 Å². The minimum absolute atomic E-state index is 0.0471. The molecule has 0 bridgehead atoms. The first-order valence-electron chi connectivity index (χ1n) is 15.1. The van der Waals surface area contributed by atoms with Gasteiger partial charge in [-0.3, -0.25) is 19.2 Å². The molecule has 0 radical (unpaired) electrons. The third-order valence-electron chi connectivity index (χ3n) is 5.90. The Morgan fingerprint density at radius 3 is 1.71 bits per heavy atom. The molecule has 0 saturated heterocycles. The topological polar surface area (TPSA) is 212 Å². The first kappa shape index (κ1) is 40.4. The van der Waals surface area contributed by atoms with Crippen molar-refractivity contribution in [3.05, 3.63) is 71.8 Å². The highest BCUT2D eigenvalue weighted by molar-refractivity contribution is 5.79. The van der Waals surface area contributed by atoms with Gasteiger partial charge in [-0.05, 0) is 40.7 Å². The molecule has 0 aliphatic heterocycles. The summed E-state index contributed by atoms with van der Waals surface area (Å²) in [5.41, 5.74) is 18.9. The van der Waals surface area contributed by atoms with Gasteiger partial charge in [0.05, 0.1) is 19.5 Å². The van der Waals surface area contributed by atoms with E-state index >= 15 is 0 Å². The highest BCUT2D eigenvalue weighted by atomic mass is 16.5. The smallest absolute Gasteiger partial charge is 0.308 e. The number of aliphatic hydroxyl groups is 1. The largest absolute Gasteiger partial charge is 0.452 e. The van der Waals surface area contributed by atoms with E-state index in [1.807, 2.05) is 60.7 Å². The molecule has 12 nitrogen and oxygen atoms in total. The van der Waals surface area contributed by atoms with Crippen molar-refractivity contribution in [3.8, 4) is 47.4 Å². The maximum absolute atomic E-state index is 11.8. The molecule has 10 N–H and O–H groups in total. The summed E-state index contributed by atoms with van der Waals surface area (Å²) >= 11 is 0. The summed E-state index contributed by atoms with van der Waals surface area (Å²) in [6.45, 7) is 0.635. The van der Waals surface area contributed by atoms with Crippen molar-refractivity contribution in [2.75, 3.05) is 39.4 Å². The molecule has 0 aliphatic rings. The number of carbonyl (C=O) groups is 4. The van der Waals surface area contributed by atoms with Crippen molar-refractivity contribution < 1.29 is 29.0 Å². The number of esters is 1. The van der Waals surface area contributed by atoms with Gasteiger partial charge in [-0.15, -0.1) is 0 Å². The second kappa shape index (κ2) is 26.6. The zero-order valence-electron chi connectivity index (χ0n) is 26.7. The number of hydrogen-bond acceptors (Lipinski definition) is 9. The van der Waals surface area contributed by atoms with Gasteiger partial charge >= 0.3 is 5.97 Å². The van der Waals surface area contributed by atoms with E-state index in [1.54, 1.807) is 0 Å². The minimum atomic E-state index is -0.414. The quantitative estimate of drug-likeness (QED) is 0.106. The predicted molar refractivity (Wildman–Crippen MR) is 182 cm³/mol. The number of nitrogens with two attached hydrogens (primary N) is 3. The Kier molecular flexibility index (Phi) is 22.4. The van der Waals surface area contributed by atoms with Crippen LogP contribution in [0, 0.1) is 47.4 Å². The van der Waals surface area contributed by atoms with Crippen LogP contribution in [0.4, 0.5) is 0 Å². The van der Waals surface area contributed by atoms with Crippen LogP contribution in [0.25, 0.3) is 0 Å². The Labute approximate surface area is 281 Å². The Morgan fingerprint density at radius 1 is 0.667 bits per heavy atom. The summed E-state index contributed by atoms with van der Waals surface area (Å²) in [7, 11) is 0. The third-order valence-corrected chi connectivity index (χ3v) is 5.90. The molecule has 0 fully saturated rings. The molecule has 252 valence electrons. The molecule has 12 heteroatoms. The molecule has 0 aromatic heterocycles. The molecular weight excluding hydrogens is 612 g/mol. The van der Waals surface area contributed by atoms with Crippen LogP contribution in [0.2, 0.25) is 0 Å². The third kappa shape index (κ3) is 21.2. The highest BCUT2D eigenvalue weighted by Gasteiger charge is 2.12. The van der Waals surface area contributed by atoms with Crippen molar-refractivity contribution >= 4 is 23.7 Å². The van der Waals surface area contributed by atoms with Gasteiger partial charge in [-0.25, -0.2) is 0 Å². The van der Waals surface area contributed by atoms with Crippen molar-refractivity contribution in [3.63, 3.8) is 0 Å². The molecule has 2 atom stereocenters. The van der Waals surface area contributed by atoms with Gasteiger partial charge in [-0.1, -0.05) is 78.4 Å². The van der Waals surface area contributed by atoms with E-state index in [-0.39, 0.29) is 82.3 Å². The zero-order valence-corrected chi connectivity index (χ0v) is 26.7. The van der Waals surface area contributed by atoms with E-state index in [4.69, 9.17) is 27.0 Å². The number of aliphatic hydroxyl groups excluding tert-OH is 1. The van der Waals surface area contributed by atoms with Gasteiger partial charge < -0.3 is 43.0 Å². The lowest BCUT2D eigenvalue weighted by Gasteiger charge is -2.12. The molecule has 0 spiro atoms. The van der Waals surface area contributed by atoms with E-state index in [1.165, 1.54) is 0 Å². The second-order valence-corrected chi connectivity index (χ2v) is 9.66. The lowest BCUT2D eigenvalue weighted by molar-refractivity contribution is -0.142. The average molecular weight is 655 g/mol. The van der Waals surface area contributed by atoms with Crippen LogP contribution in [0.1, 0.15) is 48.9 Å². The van der Waals surface area contributed by atoms with Crippen LogP contribution < -0.4 is 33.2 Å². The van der Waals surface area contributed by atoms with E-state index in [0.717, 1.165) is 11.1 Å². The molecule has 2 aromatic carbocycles. The molecule has 3 amide bonds. The zero-order chi connectivity index (χ0) is 35.2. The number of hydrogen-bond donors (Lipinski definition) is 7. The van der Waals surface area contributed by atoms with Crippen LogP contribution in [0.15, 0.2) is 60.7 Å². The Hall–Kier alpha value is -5.60. The molecule has 2 rings (SSSR count). The maximum Gasteiger partial charge on any atom is 0.308 e. The molecule has 2 aromatic rings. The van der Waals surface area contributed by atoms with E-state index < -0.39 is 12.0 Å². The van der Waals surface area contributed by atoms with Crippen molar-refractivity contribution in [1.29, 1.82) is 0 Å². The fourth-order valence-electron chi connectivity index (χ4n) is 3.51. The van der Waals surface area contributed by atoms with E-state index in [9.17, 15) is 19.2 Å². The van der Waals surface area contributed by atoms with Crippen LogP contribution in [0.5, 0.6) is 0 Å². The Balaban J connectivity index is 0.000000480. The summed E-state index contributed by atoms with van der Waals surface area (Å²) in [4.78, 5) is 46.0. The van der Waals surface area contributed by atoms with Crippen molar-refractivity contribution in [2.24, 2.45) is 17.2 Å². The Morgan fingerprint density at radius 2 is 1.17 bits per heavy atom. The van der Waals surface area contributed by atoms with Crippen LogP contribution >= 0.6 is 0 Å². The van der Waals surface area contributed by atoms with Gasteiger partial charge in [0.1, 0.15) is 6.61 Å². The monoisotopic (exact) mass is 654 g/mol. The number of nitrogens with one attached hydrogen (secondary N) is 3. The normalized spacial score (nSPS) is 10.4. The van der Waals surface area contributed by atoms with Gasteiger partial charge in [0, 0.05) is 44.4 Å². The van der Waals surface area contributed by atoms with Crippen LogP contribution in [-0.4, -0.2) is 68.2 Å². The number of carbonyl (C=O) groups excluding carboxylic acids is 4. The molecule has 0 saturated carbocycles. The SMILES string of the molecule is NC(CC(=O)NCCC(=O)NCC#CC#CCO)c1ccccc1.NCCC(=O)NCC#CC#CCOC(=O)CC(N)c1ccccc1. The summed E-state index contributed by atoms with van der Waals surface area (Å²) in [5, 5.41) is 16.2. The Bertz CT molecular complexity index is 1540. The first-order valence-corrected chi connectivity index (χ1v) is 15.1. The highest BCUT2D eigenvalue weighted by Crippen LogP contribution is 2.14. The summed E-state index contributed by atoms with van der Waals surface area (Å²) < 4.78 is 4.97.